The van der Waals surface area contributed by atoms with Gasteiger partial charge in [0.05, 0.1) is 0 Å². The summed E-state index contributed by atoms with van der Waals surface area (Å²) in [6.07, 6.45) is 0. The van der Waals surface area contributed by atoms with Crippen molar-refractivity contribution in [3.8, 4) is 0 Å². The van der Waals surface area contributed by atoms with Gasteiger partial charge in [-0.15, -0.1) is 0 Å². The van der Waals surface area contributed by atoms with E-state index in [1.807, 2.05) is 0 Å². The van der Waals surface area contributed by atoms with Crippen molar-refractivity contribution in [3.63, 3.8) is 0 Å². The predicted molar refractivity (Wildman–Crippen MR) is 0 cm³/mol. The molecule has 0 amide bonds. The molecular formula is Ni7Sc2. The Morgan fingerprint density at radius 3 is 0.222 bits per heavy atom. The van der Waals surface area contributed by atoms with Crippen LogP contribution in [-0.2, 0) is 167 Å². The summed E-state index contributed by atoms with van der Waals surface area (Å²) in [5.41, 5.74) is 0. The molecule has 2 radical (unpaired) electrons. The van der Waals surface area contributed by atoms with E-state index in [2.05, 4.69) is 0 Å². The quantitative estimate of drug-likeness (QED) is 0.410. The van der Waals surface area contributed by atoms with Gasteiger partial charge in [0.25, 0.3) is 0 Å². The summed E-state index contributed by atoms with van der Waals surface area (Å²) < 4.78 is 0. The molecule has 0 aliphatic heterocycles. The maximum absolute atomic E-state index is 0. The van der Waals surface area contributed by atoms with Crippen molar-refractivity contribution in [1.82, 2.24) is 0 Å². The number of hydrogen-bond donors (Lipinski definition) is 0. The van der Waals surface area contributed by atoms with E-state index in [0.717, 1.165) is 0 Å². The Kier molecular flexibility index (Phi) is 740. The van der Waals surface area contributed by atoms with E-state index in [1.165, 1.54) is 0 Å². The van der Waals surface area contributed by atoms with E-state index >= 15 is 0 Å². The van der Waals surface area contributed by atoms with Crippen LogP contribution in [0.4, 0.5) is 0 Å². The molecule has 0 aliphatic rings. The molecule has 0 rings (SSSR count). The second kappa shape index (κ2) is 72.7. The van der Waals surface area contributed by atoms with Gasteiger partial charge in [0, 0.05) is 167 Å². The minimum atomic E-state index is 0. The van der Waals surface area contributed by atoms with Gasteiger partial charge < -0.3 is 0 Å². The summed E-state index contributed by atoms with van der Waals surface area (Å²) in [6, 6.07) is 0. The molecule has 0 saturated carbocycles. The molecule has 9 heteroatoms. The Morgan fingerprint density at radius 2 is 0.222 bits per heavy atom. The number of rotatable bonds is 0. The standard InChI is InChI=1S/7Ni.2Sc. The molecule has 9 heavy (non-hydrogen) atoms. The fourth-order valence-electron chi connectivity index (χ4n) is 0. The Balaban J connectivity index is 0. The minimum absolute atomic E-state index is 0. The van der Waals surface area contributed by atoms with Gasteiger partial charge in [-0.05, 0) is 0 Å². The van der Waals surface area contributed by atoms with Crippen LogP contribution in [-0.4, -0.2) is 0 Å². The first kappa shape index (κ1) is 91.6. The van der Waals surface area contributed by atoms with Crippen molar-refractivity contribution < 1.29 is 167 Å². The smallest absolute Gasteiger partial charge is 0 e. The summed E-state index contributed by atoms with van der Waals surface area (Å²) >= 11 is 0. The first-order valence-corrected chi connectivity index (χ1v) is 0. The third-order valence-corrected chi connectivity index (χ3v) is 0. The average Bonchev–Trinajstić information content (AvgIpc) is 0. The van der Waals surface area contributed by atoms with Crippen molar-refractivity contribution in [2.24, 2.45) is 0 Å². The summed E-state index contributed by atoms with van der Waals surface area (Å²) in [5.74, 6) is 0. The fraction of sp³-hybridized carbons (Fsp3) is 0. The third kappa shape index (κ3) is 61.3. The number of hydrogen-bond acceptors (Lipinski definition) is 0. The van der Waals surface area contributed by atoms with Crippen molar-refractivity contribution in [2.45, 2.75) is 0 Å². The molecule has 0 N–H and O–H groups in total. The maximum Gasteiger partial charge on any atom is 0 e. The zero-order valence-electron chi connectivity index (χ0n) is 3.37. The van der Waals surface area contributed by atoms with Crippen molar-refractivity contribution >= 4 is 0 Å². The molecular weight excluding hydrogens is 501 g/mol. The van der Waals surface area contributed by atoms with Crippen molar-refractivity contribution in [3.05, 3.63) is 0 Å². The minimum Gasteiger partial charge on any atom is 0 e. The van der Waals surface area contributed by atoms with E-state index in [-0.39, 0.29) is 167 Å². The van der Waals surface area contributed by atoms with Gasteiger partial charge >= 0.3 is 0 Å². The zero-order valence-corrected chi connectivity index (χ0v) is 13.9. The second-order valence-corrected chi connectivity index (χ2v) is 0. The van der Waals surface area contributed by atoms with Crippen LogP contribution in [0.5, 0.6) is 0 Å². The van der Waals surface area contributed by atoms with Gasteiger partial charge in [0.2, 0.25) is 0 Å². The zero-order chi connectivity index (χ0) is 0. The van der Waals surface area contributed by atoms with Gasteiger partial charge in [-0.2, -0.15) is 0 Å². The van der Waals surface area contributed by atoms with E-state index < -0.39 is 0 Å². The average molecular weight is 501 g/mol. The van der Waals surface area contributed by atoms with Crippen LogP contribution in [0.2, 0.25) is 0 Å². The van der Waals surface area contributed by atoms with Crippen LogP contribution in [0.1, 0.15) is 0 Å². The van der Waals surface area contributed by atoms with Crippen LogP contribution >= 0.6 is 0 Å². The van der Waals surface area contributed by atoms with Gasteiger partial charge in [-0.25, -0.2) is 0 Å². The van der Waals surface area contributed by atoms with Crippen LogP contribution in [0.15, 0.2) is 0 Å². The molecule has 0 saturated heterocycles. The Hall–Kier alpha value is 5.19. The fourth-order valence-corrected chi connectivity index (χ4v) is 0. The van der Waals surface area contributed by atoms with Crippen LogP contribution in [0, 0.1) is 0 Å². The largest absolute Gasteiger partial charge is 0 e. The SMILES string of the molecule is [Ni].[Ni].[Ni].[Ni].[Ni].[Ni].[Ni].[Sc].[Sc]. The van der Waals surface area contributed by atoms with E-state index in [0.29, 0.717) is 0 Å². The topological polar surface area (TPSA) is 0 Å². The van der Waals surface area contributed by atoms with Crippen LogP contribution in [0.3, 0.4) is 0 Å². The summed E-state index contributed by atoms with van der Waals surface area (Å²) in [4.78, 5) is 0. The first-order valence-electron chi connectivity index (χ1n) is 0. The van der Waals surface area contributed by atoms with Gasteiger partial charge in [-0.1, -0.05) is 0 Å². The van der Waals surface area contributed by atoms with Gasteiger partial charge in [-0.3, -0.25) is 0 Å². The monoisotopic (exact) mass is 495 g/mol. The molecule has 0 bridgehead atoms. The van der Waals surface area contributed by atoms with Crippen molar-refractivity contribution in [2.75, 3.05) is 0 Å². The molecule has 0 nitrogen and oxygen atoms in total. The van der Waals surface area contributed by atoms with E-state index in [4.69, 9.17) is 0 Å². The molecule has 76 valence electrons. The van der Waals surface area contributed by atoms with E-state index in [1.54, 1.807) is 0 Å². The van der Waals surface area contributed by atoms with Gasteiger partial charge in [0.15, 0.2) is 0 Å². The normalized spacial score (nSPS) is 0. The first-order chi connectivity index (χ1) is 0. The molecule has 0 aromatic rings. The third-order valence-electron chi connectivity index (χ3n) is 0. The summed E-state index contributed by atoms with van der Waals surface area (Å²) in [5, 5.41) is 0. The Morgan fingerprint density at radius 1 is 0.222 bits per heavy atom. The van der Waals surface area contributed by atoms with Crippen LogP contribution < -0.4 is 0 Å². The summed E-state index contributed by atoms with van der Waals surface area (Å²) in [6.45, 7) is 0. The Bertz CT molecular complexity index is 6.88. The molecule has 0 heterocycles. The maximum atomic E-state index is 0. The predicted octanol–water partition coefficient (Wildman–Crippen LogP) is -0.0225. The van der Waals surface area contributed by atoms with E-state index in [9.17, 15) is 0 Å². The Labute approximate surface area is 164 Å². The van der Waals surface area contributed by atoms with Gasteiger partial charge in [0.1, 0.15) is 0 Å². The molecule has 0 aliphatic carbocycles. The van der Waals surface area contributed by atoms with Crippen molar-refractivity contribution in [1.29, 1.82) is 0 Å². The molecule has 0 aromatic carbocycles. The van der Waals surface area contributed by atoms with Crippen LogP contribution in [0.25, 0.3) is 0 Å². The molecule has 0 atom stereocenters. The second-order valence-electron chi connectivity index (χ2n) is 0. The molecule has 0 aromatic heterocycles. The molecule has 0 unspecified atom stereocenters. The molecule has 0 spiro atoms. The molecule has 0 fully saturated rings. The summed E-state index contributed by atoms with van der Waals surface area (Å²) in [7, 11) is 0.